The third-order valence-corrected chi connectivity index (χ3v) is 16.0. The quantitative estimate of drug-likeness (QED) is 0.0648. The number of piperidine rings is 1. The first-order chi connectivity index (χ1) is 31.6. The third kappa shape index (κ3) is 9.48. The van der Waals surface area contributed by atoms with E-state index in [0.717, 1.165) is 81.9 Å². The molecule has 2 saturated carbocycles. The Bertz CT molecular complexity index is 2710. The number of anilines is 2. The van der Waals surface area contributed by atoms with Gasteiger partial charge in [0, 0.05) is 61.6 Å². The Morgan fingerprint density at radius 1 is 1.06 bits per heavy atom. The van der Waals surface area contributed by atoms with Gasteiger partial charge in [-0.2, -0.15) is 0 Å². The van der Waals surface area contributed by atoms with Crippen LogP contribution in [0, 0.1) is 28.4 Å². The van der Waals surface area contributed by atoms with Gasteiger partial charge in [-0.1, -0.05) is 38.1 Å². The van der Waals surface area contributed by atoms with Crippen LogP contribution in [0.3, 0.4) is 0 Å². The van der Waals surface area contributed by atoms with Crippen molar-refractivity contribution in [3.05, 3.63) is 106 Å². The molecule has 1 amide bonds. The van der Waals surface area contributed by atoms with Crippen molar-refractivity contribution >= 4 is 44.2 Å². The number of pyridine rings is 2. The van der Waals surface area contributed by atoms with Gasteiger partial charge in [0.05, 0.1) is 47.2 Å². The smallest absolute Gasteiger partial charge is 0.312 e. The fourth-order valence-corrected chi connectivity index (χ4v) is 11.8. The Morgan fingerprint density at radius 3 is 2.56 bits per heavy atom. The second-order valence-electron chi connectivity index (χ2n) is 19.5. The minimum Gasteiger partial charge on any atom is -0.455 e. The first-order valence-corrected chi connectivity index (χ1v) is 24.7. The van der Waals surface area contributed by atoms with E-state index in [1.54, 1.807) is 37.4 Å². The van der Waals surface area contributed by atoms with Crippen LogP contribution in [-0.2, 0) is 14.8 Å². The van der Waals surface area contributed by atoms with Crippen LogP contribution >= 0.6 is 0 Å². The summed E-state index contributed by atoms with van der Waals surface area (Å²) < 4.78 is 42.4. The van der Waals surface area contributed by atoms with Gasteiger partial charge in [-0.25, -0.2) is 23.1 Å². The van der Waals surface area contributed by atoms with E-state index >= 15 is 0 Å². The highest BCUT2D eigenvalue weighted by Crippen LogP contribution is 2.53. The highest BCUT2D eigenvalue weighted by molar-refractivity contribution is 7.90. The van der Waals surface area contributed by atoms with Crippen molar-refractivity contribution in [2.45, 2.75) is 108 Å². The van der Waals surface area contributed by atoms with Crippen molar-refractivity contribution in [2.75, 3.05) is 49.6 Å². The van der Waals surface area contributed by atoms with Crippen molar-refractivity contribution in [3.63, 3.8) is 0 Å². The van der Waals surface area contributed by atoms with Gasteiger partial charge in [0.15, 0.2) is 0 Å². The first kappa shape index (κ1) is 45.5. The molecular weight excluding hydrogens is 861 g/mol. The number of hydrogen-bond acceptors (Lipinski definition) is 13. The zero-order valence-corrected chi connectivity index (χ0v) is 38.9. The van der Waals surface area contributed by atoms with E-state index in [4.69, 9.17) is 9.47 Å². The molecule has 3 aromatic heterocycles. The maximum atomic E-state index is 14.1. The number of carbonyl (C=O) groups is 1. The summed E-state index contributed by atoms with van der Waals surface area (Å²) in [7, 11) is -4.66. The second-order valence-corrected chi connectivity index (χ2v) is 21.1. The van der Waals surface area contributed by atoms with E-state index < -0.39 is 37.0 Å². The summed E-state index contributed by atoms with van der Waals surface area (Å²) >= 11 is 0. The van der Waals surface area contributed by atoms with Crippen LogP contribution in [0.4, 0.5) is 17.2 Å². The third-order valence-electron chi connectivity index (χ3n) is 14.6. The molecule has 1 spiro atoms. The number of aromatic amines is 1. The number of morpholine rings is 1. The van der Waals surface area contributed by atoms with Gasteiger partial charge >= 0.3 is 5.69 Å². The monoisotopic (exact) mass is 920 g/mol. The average molecular weight is 921 g/mol. The summed E-state index contributed by atoms with van der Waals surface area (Å²) in [6, 6.07) is 19.2. The minimum absolute atomic E-state index is 0.0189. The predicted molar refractivity (Wildman–Crippen MR) is 252 cm³/mol. The van der Waals surface area contributed by atoms with Crippen molar-refractivity contribution in [1.82, 2.24) is 24.6 Å². The lowest BCUT2D eigenvalue weighted by Gasteiger charge is -2.57. The first-order valence-electron chi connectivity index (χ1n) is 23.2. The van der Waals surface area contributed by atoms with Crippen LogP contribution in [0.1, 0.15) is 111 Å². The number of nitro groups is 1. The van der Waals surface area contributed by atoms with Gasteiger partial charge in [0.2, 0.25) is 5.82 Å². The van der Waals surface area contributed by atoms with Crippen molar-refractivity contribution < 1.29 is 32.7 Å². The number of H-pyrrole nitrogens is 1. The molecule has 17 heteroatoms. The molecule has 0 radical (unpaired) electrons. The molecule has 9 rings (SSSR count). The summed E-state index contributed by atoms with van der Waals surface area (Å²) in [6.45, 7) is 12.1. The maximum absolute atomic E-state index is 14.1. The standard InChI is InChI=1S/C49H60N8O8S/c1-31(2)38-7-5-6-8-39(38)42-30-64-22-21-56(42)36-26-49(27-36)16-19-55(20-17-49)35-9-10-40(43(24-35)65-37-23-34-13-18-50-45(34)52-29-37)47(58)54-66(62,63)44-25-41(57(60)61)46(53-32(44)3)51-28-33-11-14-48(4,59)15-12-33/h5-10,13,18,23-25,29,31,33,36,42,59H,11-12,14-17,19-22,26-28,30H2,1-4H3,(H,50,52)(H,51,53)(H,54,58)/t33?,42-,48?/m0/s1. The van der Waals surface area contributed by atoms with Gasteiger partial charge < -0.3 is 29.8 Å². The van der Waals surface area contributed by atoms with Crippen LogP contribution < -0.4 is 19.7 Å². The van der Waals surface area contributed by atoms with Gasteiger partial charge in [0.1, 0.15) is 22.0 Å². The van der Waals surface area contributed by atoms with E-state index in [1.165, 1.54) is 24.2 Å². The largest absolute Gasteiger partial charge is 0.455 e. The Balaban J connectivity index is 0.910. The lowest BCUT2D eigenvalue weighted by atomic mass is 9.59. The molecule has 0 unspecified atom stereocenters. The molecule has 4 aliphatic rings. The van der Waals surface area contributed by atoms with Crippen LogP contribution in [0.2, 0.25) is 0 Å². The van der Waals surface area contributed by atoms with Crippen molar-refractivity contribution in [2.24, 2.45) is 11.3 Å². The van der Waals surface area contributed by atoms with Crippen molar-refractivity contribution in [1.29, 1.82) is 0 Å². The molecule has 0 bridgehead atoms. The van der Waals surface area contributed by atoms with Gasteiger partial charge in [0.25, 0.3) is 15.9 Å². The van der Waals surface area contributed by atoms with E-state index in [2.05, 4.69) is 72.9 Å². The Kier molecular flexibility index (Phi) is 12.6. The number of hydrogen-bond donors (Lipinski definition) is 4. The summed E-state index contributed by atoms with van der Waals surface area (Å²) in [5.41, 5.74) is 3.18. The normalized spacial score (nSPS) is 22.6. The van der Waals surface area contributed by atoms with E-state index in [1.807, 2.05) is 6.07 Å². The highest BCUT2D eigenvalue weighted by atomic mass is 32.2. The number of nitrogens with zero attached hydrogens (tertiary/aromatic N) is 5. The number of aliphatic hydroxyl groups is 1. The lowest BCUT2D eigenvalue weighted by Crippen LogP contribution is -2.58. The molecule has 4 fully saturated rings. The molecule has 16 nitrogen and oxygen atoms in total. The average Bonchev–Trinajstić information content (AvgIpc) is 3.76. The second kappa shape index (κ2) is 18.2. The molecule has 2 aromatic carbocycles. The van der Waals surface area contributed by atoms with Gasteiger partial charge in [-0.3, -0.25) is 19.8 Å². The summed E-state index contributed by atoms with van der Waals surface area (Å²) in [5.74, 6) is 0.0404. The lowest BCUT2D eigenvalue weighted by molar-refractivity contribution is -0.384. The Morgan fingerprint density at radius 2 is 1.82 bits per heavy atom. The van der Waals surface area contributed by atoms with Crippen LogP contribution in [-0.4, -0.2) is 95.2 Å². The molecular formula is C49H60N8O8S. The number of amides is 1. The fraction of sp³-hybridized carbons (Fsp3) is 0.490. The van der Waals surface area contributed by atoms with E-state index in [-0.39, 0.29) is 40.2 Å². The van der Waals surface area contributed by atoms with Crippen LogP contribution in [0.5, 0.6) is 11.5 Å². The Hall–Kier alpha value is -5.62. The fourth-order valence-electron chi connectivity index (χ4n) is 10.7. The maximum Gasteiger partial charge on any atom is 0.312 e. The van der Waals surface area contributed by atoms with Crippen LogP contribution in [0.15, 0.2) is 78.0 Å². The molecule has 5 heterocycles. The predicted octanol–water partition coefficient (Wildman–Crippen LogP) is 8.38. The van der Waals surface area contributed by atoms with Gasteiger partial charge in [-0.05, 0) is 118 Å². The SMILES string of the molecule is Cc1nc(NCC2CCC(C)(O)CC2)c([N+](=O)[O-])cc1S(=O)(=O)NC(=O)c1ccc(N2CCC3(CC2)CC(N2CCOC[C@H]2c2ccccc2C(C)C)C3)cc1Oc1cnc2[nH]ccc2c1. The van der Waals surface area contributed by atoms with Crippen molar-refractivity contribution in [3.8, 4) is 11.5 Å². The number of nitrogens with one attached hydrogen (secondary N) is 3. The number of fused-ring (bicyclic) bond motifs is 1. The molecule has 1 atom stereocenters. The zero-order chi connectivity index (χ0) is 46.4. The molecule has 5 aromatic rings. The topological polar surface area (TPSA) is 205 Å². The number of aryl methyl sites for hydroxylation is 1. The minimum atomic E-state index is -4.66. The molecule has 4 N–H and O–H groups in total. The summed E-state index contributed by atoms with van der Waals surface area (Å²) in [4.78, 5) is 41.9. The number of benzene rings is 2. The number of rotatable bonds is 13. The summed E-state index contributed by atoms with van der Waals surface area (Å²) in [5, 5.41) is 26.4. The number of ether oxygens (including phenoxy) is 2. The van der Waals surface area contributed by atoms with Gasteiger partial charge in [-0.15, -0.1) is 0 Å². The number of aromatic nitrogens is 3. The molecule has 350 valence electrons. The van der Waals surface area contributed by atoms with Crippen LogP contribution in [0.25, 0.3) is 11.0 Å². The Labute approximate surface area is 385 Å². The summed E-state index contributed by atoms with van der Waals surface area (Å²) in [6.07, 6.45) is 10.3. The van der Waals surface area contributed by atoms with E-state index in [0.29, 0.717) is 49.3 Å². The molecule has 66 heavy (non-hydrogen) atoms. The zero-order valence-electron chi connectivity index (χ0n) is 38.1. The highest BCUT2D eigenvalue weighted by Gasteiger charge is 2.50. The number of carbonyl (C=O) groups excluding carboxylic acids is 1. The molecule has 2 aliphatic heterocycles. The number of sulfonamides is 1. The molecule has 2 aliphatic carbocycles. The van der Waals surface area contributed by atoms with E-state index in [9.17, 15) is 28.4 Å². The molecule has 2 saturated heterocycles.